The van der Waals surface area contributed by atoms with Crippen LogP contribution in [0.5, 0.6) is 0 Å². The second-order valence-electron chi connectivity index (χ2n) is 1.41. The van der Waals surface area contributed by atoms with Crippen LogP contribution in [0.15, 0.2) is 0 Å². The van der Waals surface area contributed by atoms with E-state index >= 15 is 0 Å². The van der Waals surface area contributed by atoms with Gasteiger partial charge >= 0.3 is 0 Å². The van der Waals surface area contributed by atoms with Crippen molar-refractivity contribution >= 4 is 5.91 Å². The molecule has 0 aliphatic carbocycles. The van der Waals surface area contributed by atoms with E-state index in [0.29, 0.717) is 0 Å². The SMILES string of the molecule is N#CC(N)CC(N)=O. The Hall–Kier alpha value is -1.08. The first-order valence-electron chi connectivity index (χ1n) is 2.10. The summed E-state index contributed by atoms with van der Waals surface area (Å²) < 4.78 is 0. The molecule has 0 radical (unpaired) electrons. The van der Waals surface area contributed by atoms with Crippen molar-refractivity contribution in [3.63, 3.8) is 0 Å². The molecule has 0 aromatic carbocycles. The van der Waals surface area contributed by atoms with Gasteiger partial charge < -0.3 is 11.5 Å². The van der Waals surface area contributed by atoms with Crippen LogP contribution in [0.1, 0.15) is 6.42 Å². The number of rotatable bonds is 2. The van der Waals surface area contributed by atoms with Crippen molar-refractivity contribution in [2.75, 3.05) is 0 Å². The Labute approximate surface area is 47.1 Å². The highest BCUT2D eigenvalue weighted by molar-refractivity contribution is 5.74. The molecule has 8 heavy (non-hydrogen) atoms. The summed E-state index contributed by atoms with van der Waals surface area (Å²) in [7, 11) is 0. The number of hydrogen-bond donors (Lipinski definition) is 2. The van der Waals surface area contributed by atoms with Crippen LogP contribution in [0.3, 0.4) is 0 Å². The Kier molecular flexibility index (Phi) is 2.59. The predicted octanol–water partition coefficient (Wildman–Crippen LogP) is -1.29. The van der Waals surface area contributed by atoms with Crippen LogP contribution in [0, 0.1) is 11.3 Å². The van der Waals surface area contributed by atoms with Crippen LogP contribution >= 0.6 is 0 Å². The molecular weight excluding hydrogens is 106 g/mol. The number of nitriles is 1. The Balaban J connectivity index is 3.43. The molecular formula is C4H7N3O. The van der Waals surface area contributed by atoms with Gasteiger partial charge in [0.25, 0.3) is 0 Å². The summed E-state index contributed by atoms with van der Waals surface area (Å²) in [5, 5.41) is 8.00. The first kappa shape index (κ1) is 6.92. The number of nitrogens with two attached hydrogens (primary N) is 2. The summed E-state index contributed by atoms with van der Waals surface area (Å²) in [5.74, 6) is -0.543. The van der Waals surface area contributed by atoms with Crippen molar-refractivity contribution in [1.82, 2.24) is 0 Å². The maximum absolute atomic E-state index is 9.96. The maximum Gasteiger partial charge on any atom is 0.220 e. The zero-order chi connectivity index (χ0) is 6.57. The van der Waals surface area contributed by atoms with Crippen LogP contribution in [0.2, 0.25) is 0 Å². The second-order valence-corrected chi connectivity index (χ2v) is 1.41. The number of hydrogen-bond acceptors (Lipinski definition) is 3. The average Bonchev–Trinajstić information content (AvgIpc) is 1.65. The normalized spacial score (nSPS) is 12.0. The monoisotopic (exact) mass is 113 g/mol. The van der Waals surface area contributed by atoms with Gasteiger partial charge in [-0.3, -0.25) is 4.79 Å². The Morgan fingerprint density at radius 1 is 1.88 bits per heavy atom. The number of carbonyl (C=O) groups excluding carboxylic acids is 1. The quantitative estimate of drug-likeness (QED) is 0.466. The number of primary amides is 1. The minimum Gasteiger partial charge on any atom is -0.370 e. The third-order valence-corrected chi connectivity index (χ3v) is 0.587. The molecule has 1 amide bonds. The lowest BCUT2D eigenvalue weighted by Gasteiger charge is -1.93. The first-order chi connectivity index (χ1) is 3.66. The summed E-state index contributed by atoms with van der Waals surface area (Å²) in [6.45, 7) is 0. The molecule has 4 heteroatoms. The summed E-state index contributed by atoms with van der Waals surface area (Å²) in [5.41, 5.74) is 9.71. The van der Waals surface area contributed by atoms with Gasteiger partial charge in [-0.1, -0.05) is 0 Å². The molecule has 4 N–H and O–H groups in total. The lowest BCUT2D eigenvalue weighted by atomic mass is 10.2. The van der Waals surface area contributed by atoms with Gasteiger partial charge in [-0.2, -0.15) is 5.26 Å². The van der Waals surface area contributed by atoms with E-state index in [2.05, 4.69) is 0 Å². The van der Waals surface area contributed by atoms with Crippen molar-refractivity contribution < 1.29 is 4.79 Å². The van der Waals surface area contributed by atoms with Crippen molar-refractivity contribution in [3.05, 3.63) is 0 Å². The van der Waals surface area contributed by atoms with Crippen LogP contribution in [-0.2, 0) is 4.79 Å². The molecule has 44 valence electrons. The standard InChI is InChI=1S/C4H7N3O/c5-2-3(6)1-4(7)8/h3H,1,6H2,(H2,7,8). The molecule has 0 fully saturated rings. The molecule has 4 nitrogen and oxygen atoms in total. The van der Waals surface area contributed by atoms with Crippen LogP contribution in [-0.4, -0.2) is 11.9 Å². The van der Waals surface area contributed by atoms with Gasteiger partial charge in [0, 0.05) is 0 Å². The molecule has 0 bridgehead atoms. The minimum atomic E-state index is -0.743. The third kappa shape index (κ3) is 3.12. The Bertz CT molecular complexity index is 126. The molecule has 1 atom stereocenters. The number of carbonyl (C=O) groups is 1. The molecule has 0 spiro atoms. The number of nitrogens with zero attached hydrogens (tertiary/aromatic N) is 1. The second kappa shape index (κ2) is 2.99. The van der Waals surface area contributed by atoms with Crippen LogP contribution in [0.25, 0.3) is 0 Å². The summed E-state index contributed by atoms with van der Waals surface area (Å²) in [4.78, 5) is 9.96. The van der Waals surface area contributed by atoms with Crippen molar-refractivity contribution in [3.8, 4) is 6.07 Å². The van der Waals surface area contributed by atoms with Crippen molar-refractivity contribution in [2.45, 2.75) is 12.5 Å². The largest absolute Gasteiger partial charge is 0.370 e. The van der Waals surface area contributed by atoms with Crippen molar-refractivity contribution in [1.29, 1.82) is 5.26 Å². The molecule has 0 rings (SSSR count). The van der Waals surface area contributed by atoms with E-state index in [4.69, 9.17) is 16.7 Å². The summed E-state index contributed by atoms with van der Waals surface area (Å²) >= 11 is 0. The van der Waals surface area contributed by atoms with Gasteiger partial charge in [-0.25, -0.2) is 0 Å². The molecule has 0 heterocycles. The fourth-order valence-electron chi connectivity index (χ4n) is 0.262. The van der Waals surface area contributed by atoms with E-state index in [1.54, 1.807) is 6.07 Å². The lowest BCUT2D eigenvalue weighted by Crippen LogP contribution is -2.25. The smallest absolute Gasteiger partial charge is 0.220 e. The first-order valence-corrected chi connectivity index (χ1v) is 2.10. The Morgan fingerprint density at radius 3 is 2.50 bits per heavy atom. The topological polar surface area (TPSA) is 92.9 Å². The highest BCUT2D eigenvalue weighted by atomic mass is 16.1. The van der Waals surface area contributed by atoms with E-state index in [-0.39, 0.29) is 6.42 Å². The molecule has 0 aliphatic heterocycles. The summed E-state index contributed by atoms with van der Waals surface area (Å²) in [6, 6.07) is 0.930. The van der Waals surface area contributed by atoms with Crippen LogP contribution in [0.4, 0.5) is 0 Å². The fourth-order valence-corrected chi connectivity index (χ4v) is 0.262. The molecule has 0 aromatic rings. The zero-order valence-electron chi connectivity index (χ0n) is 4.29. The fraction of sp³-hybridized carbons (Fsp3) is 0.500. The van der Waals surface area contributed by atoms with Crippen LogP contribution < -0.4 is 11.5 Å². The predicted molar refractivity (Wildman–Crippen MR) is 27.4 cm³/mol. The Morgan fingerprint density at radius 2 is 2.38 bits per heavy atom. The molecule has 0 saturated carbocycles. The van der Waals surface area contributed by atoms with E-state index in [0.717, 1.165) is 0 Å². The van der Waals surface area contributed by atoms with Gasteiger partial charge in [0.15, 0.2) is 0 Å². The number of amides is 1. The third-order valence-electron chi connectivity index (χ3n) is 0.587. The molecule has 0 aliphatic rings. The van der Waals surface area contributed by atoms with Gasteiger partial charge in [0.2, 0.25) is 5.91 Å². The highest BCUT2D eigenvalue weighted by Crippen LogP contribution is 1.80. The van der Waals surface area contributed by atoms with Gasteiger partial charge in [0.1, 0.15) is 6.04 Å². The van der Waals surface area contributed by atoms with E-state index < -0.39 is 11.9 Å². The van der Waals surface area contributed by atoms with Gasteiger partial charge in [-0.05, 0) is 0 Å². The zero-order valence-corrected chi connectivity index (χ0v) is 4.29. The van der Waals surface area contributed by atoms with Crippen molar-refractivity contribution in [2.24, 2.45) is 11.5 Å². The van der Waals surface area contributed by atoms with E-state index in [9.17, 15) is 4.79 Å². The maximum atomic E-state index is 9.96. The van der Waals surface area contributed by atoms with E-state index in [1.807, 2.05) is 0 Å². The van der Waals surface area contributed by atoms with Gasteiger partial charge in [0.05, 0.1) is 12.5 Å². The molecule has 1 unspecified atom stereocenters. The van der Waals surface area contributed by atoms with E-state index in [1.165, 1.54) is 0 Å². The summed E-state index contributed by atoms with van der Waals surface area (Å²) in [6.07, 6.45) is -0.0590. The average molecular weight is 113 g/mol. The minimum absolute atomic E-state index is 0.0590. The lowest BCUT2D eigenvalue weighted by molar-refractivity contribution is -0.118. The molecule has 0 saturated heterocycles. The highest BCUT2D eigenvalue weighted by Gasteiger charge is 2.01. The molecule has 0 aromatic heterocycles. The van der Waals surface area contributed by atoms with Gasteiger partial charge in [-0.15, -0.1) is 0 Å².